The largest absolute Gasteiger partial charge is 0.478 e. The van der Waals surface area contributed by atoms with Gasteiger partial charge in [-0.15, -0.1) is 11.3 Å². The maximum Gasteiger partial charge on any atom is 0.337 e. The van der Waals surface area contributed by atoms with Crippen LogP contribution in [0.2, 0.25) is 0 Å². The maximum atomic E-state index is 12.4. The fourth-order valence-electron chi connectivity index (χ4n) is 5.15. The van der Waals surface area contributed by atoms with E-state index in [2.05, 4.69) is 85.9 Å². The van der Waals surface area contributed by atoms with E-state index in [-0.39, 0.29) is 5.41 Å². The molecule has 35 heavy (non-hydrogen) atoms. The first-order valence-electron chi connectivity index (χ1n) is 12.2. The van der Waals surface area contributed by atoms with Gasteiger partial charge >= 0.3 is 5.97 Å². The van der Waals surface area contributed by atoms with Crippen molar-refractivity contribution in [3.8, 4) is 32.7 Å². The van der Waals surface area contributed by atoms with Gasteiger partial charge in [0.2, 0.25) is 0 Å². The van der Waals surface area contributed by atoms with Gasteiger partial charge in [-0.2, -0.15) is 0 Å². The van der Waals surface area contributed by atoms with Crippen molar-refractivity contribution in [3.05, 3.63) is 94.4 Å². The summed E-state index contributed by atoms with van der Waals surface area (Å²) in [6.07, 6.45) is 2.88. The Kier molecular flexibility index (Phi) is 6.35. The number of hydrogen-bond donors (Lipinski definition) is 2. The monoisotopic (exact) mass is 481 g/mol. The van der Waals surface area contributed by atoms with Gasteiger partial charge in [0.25, 0.3) is 0 Å². The molecule has 5 rings (SSSR count). The van der Waals surface area contributed by atoms with Gasteiger partial charge in [0.1, 0.15) is 0 Å². The summed E-state index contributed by atoms with van der Waals surface area (Å²) in [6, 6.07) is 25.5. The molecule has 3 nitrogen and oxygen atoms in total. The topological polar surface area (TPSA) is 49.3 Å². The minimum Gasteiger partial charge on any atom is -0.478 e. The second-order valence-corrected chi connectivity index (χ2v) is 11.3. The fourth-order valence-corrected chi connectivity index (χ4v) is 6.52. The summed E-state index contributed by atoms with van der Waals surface area (Å²) in [5.74, 6) is -0.814. The number of benzene rings is 3. The average Bonchev–Trinajstić information content (AvgIpc) is 3.22. The Labute approximate surface area is 211 Å². The molecular formula is C31H31NO2S. The standard InChI is InChI=1S/C31H31NO2S/c1-31(2)16-15-27-26(18-31)28(30(33)34)29(35-27)25-14-13-23(17-24(25)19-32-3)22-11-9-21(10-12-22)20-7-5-4-6-8-20/h4-14,17,32H,15-16,18-19H2,1-3H3,(H,33,34). The second-order valence-electron chi connectivity index (χ2n) is 10.2. The van der Waals surface area contributed by atoms with Crippen LogP contribution in [0.25, 0.3) is 32.7 Å². The summed E-state index contributed by atoms with van der Waals surface area (Å²) in [4.78, 5) is 14.6. The van der Waals surface area contributed by atoms with Crippen LogP contribution in [-0.2, 0) is 19.4 Å². The molecule has 1 aliphatic carbocycles. The third-order valence-electron chi connectivity index (χ3n) is 7.03. The normalized spacial score (nSPS) is 14.5. The fraction of sp³-hybridized carbons (Fsp3) is 0.258. The van der Waals surface area contributed by atoms with E-state index in [1.165, 1.54) is 16.0 Å². The molecule has 0 bridgehead atoms. The summed E-state index contributed by atoms with van der Waals surface area (Å²) in [6.45, 7) is 5.16. The zero-order valence-corrected chi connectivity index (χ0v) is 21.3. The molecule has 178 valence electrons. The van der Waals surface area contributed by atoms with Crippen molar-refractivity contribution in [1.29, 1.82) is 0 Å². The molecule has 4 aromatic rings. The number of nitrogens with one attached hydrogen (secondary N) is 1. The van der Waals surface area contributed by atoms with E-state index in [4.69, 9.17) is 0 Å². The Morgan fingerprint density at radius 2 is 1.57 bits per heavy atom. The molecule has 0 saturated heterocycles. The van der Waals surface area contributed by atoms with Gasteiger partial charge in [-0.05, 0) is 76.7 Å². The van der Waals surface area contributed by atoms with Crippen molar-refractivity contribution in [2.75, 3.05) is 7.05 Å². The smallest absolute Gasteiger partial charge is 0.337 e. The van der Waals surface area contributed by atoms with Gasteiger partial charge in [-0.3, -0.25) is 0 Å². The third kappa shape index (κ3) is 4.69. The molecule has 1 aliphatic rings. The Balaban J connectivity index is 1.55. The number of hydrogen-bond acceptors (Lipinski definition) is 3. The van der Waals surface area contributed by atoms with Crippen LogP contribution in [0.3, 0.4) is 0 Å². The van der Waals surface area contributed by atoms with Crippen LogP contribution in [0.5, 0.6) is 0 Å². The highest BCUT2D eigenvalue weighted by atomic mass is 32.1. The highest BCUT2D eigenvalue weighted by molar-refractivity contribution is 7.16. The number of aromatic carboxylic acids is 1. The molecule has 0 fully saturated rings. The van der Waals surface area contributed by atoms with Crippen LogP contribution >= 0.6 is 11.3 Å². The van der Waals surface area contributed by atoms with Gasteiger partial charge in [0, 0.05) is 16.3 Å². The zero-order valence-electron chi connectivity index (χ0n) is 20.5. The molecule has 0 spiro atoms. The lowest BCUT2D eigenvalue weighted by Crippen LogP contribution is -2.22. The number of carboxylic acid groups (broad SMARTS) is 1. The molecule has 4 heteroatoms. The maximum absolute atomic E-state index is 12.4. The van der Waals surface area contributed by atoms with E-state index >= 15 is 0 Å². The van der Waals surface area contributed by atoms with Crippen LogP contribution in [0.1, 0.15) is 46.6 Å². The van der Waals surface area contributed by atoms with Crippen molar-refractivity contribution in [2.45, 2.75) is 39.7 Å². The Hall–Kier alpha value is -3.21. The van der Waals surface area contributed by atoms with Gasteiger partial charge in [0.05, 0.1) is 5.56 Å². The van der Waals surface area contributed by atoms with Crippen LogP contribution in [0, 0.1) is 5.41 Å². The third-order valence-corrected chi connectivity index (χ3v) is 8.36. The van der Waals surface area contributed by atoms with Crippen molar-refractivity contribution in [2.24, 2.45) is 5.41 Å². The molecule has 1 aromatic heterocycles. The van der Waals surface area contributed by atoms with E-state index in [9.17, 15) is 9.90 Å². The molecule has 2 N–H and O–H groups in total. The number of fused-ring (bicyclic) bond motifs is 1. The molecule has 0 amide bonds. The summed E-state index contributed by atoms with van der Waals surface area (Å²) >= 11 is 1.68. The molecule has 0 unspecified atom stereocenters. The number of carboxylic acids is 1. The molecule has 1 heterocycles. The second kappa shape index (κ2) is 9.44. The first-order chi connectivity index (χ1) is 16.9. The number of carbonyl (C=O) groups is 1. The predicted molar refractivity (Wildman–Crippen MR) is 146 cm³/mol. The summed E-state index contributed by atoms with van der Waals surface area (Å²) in [7, 11) is 1.94. The lowest BCUT2D eigenvalue weighted by molar-refractivity contribution is 0.0696. The number of rotatable bonds is 6. The quantitative estimate of drug-likeness (QED) is 0.297. The first-order valence-corrected chi connectivity index (χ1v) is 13.0. The number of aryl methyl sites for hydroxylation is 1. The molecule has 0 radical (unpaired) electrons. The van der Waals surface area contributed by atoms with Crippen LogP contribution in [0.4, 0.5) is 0 Å². The van der Waals surface area contributed by atoms with E-state index in [1.807, 2.05) is 13.1 Å². The summed E-state index contributed by atoms with van der Waals surface area (Å²) < 4.78 is 0. The van der Waals surface area contributed by atoms with E-state index in [0.29, 0.717) is 12.1 Å². The van der Waals surface area contributed by atoms with Crippen LogP contribution in [-0.4, -0.2) is 18.1 Å². The van der Waals surface area contributed by atoms with Crippen LogP contribution < -0.4 is 5.32 Å². The Bertz CT molecular complexity index is 1370. The van der Waals surface area contributed by atoms with Gasteiger partial charge < -0.3 is 10.4 Å². The highest BCUT2D eigenvalue weighted by Crippen LogP contribution is 2.46. The van der Waals surface area contributed by atoms with Crippen molar-refractivity contribution in [1.82, 2.24) is 5.32 Å². The molecule has 0 saturated carbocycles. The van der Waals surface area contributed by atoms with Crippen molar-refractivity contribution in [3.63, 3.8) is 0 Å². The van der Waals surface area contributed by atoms with E-state index < -0.39 is 5.97 Å². The van der Waals surface area contributed by atoms with Gasteiger partial charge in [-0.25, -0.2) is 4.79 Å². The summed E-state index contributed by atoms with van der Waals surface area (Å²) in [5.41, 5.74) is 8.53. The molecule has 0 atom stereocenters. The molecule has 0 aliphatic heterocycles. The zero-order chi connectivity index (χ0) is 24.6. The number of thiophene rings is 1. The Morgan fingerprint density at radius 1 is 0.943 bits per heavy atom. The highest BCUT2D eigenvalue weighted by Gasteiger charge is 2.33. The van der Waals surface area contributed by atoms with Gasteiger partial charge in [0.15, 0.2) is 0 Å². The van der Waals surface area contributed by atoms with Crippen molar-refractivity contribution >= 4 is 17.3 Å². The lowest BCUT2D eigenvalue weighted by Gasteiger charge is -2.29. The summed E-state index contributed by atoms with van der Waals surface area (Å²) in [5, 5.41) is 13.5. The Morgan fingerprint density at radius 3 is 2.23 bits per heavy atom. The average molecular weight is 482 g/mol. The first kappa shape index (κ1) is 23.5. The van der Waals surface area contributed by atoms with E-state index in [0.717, 1.165) is 52.0 Å². The van der Waals surface area contributed by atoms with Gasteiger partial charge in [-0.1, -0.05) is 80.6 Å². The minimum atomic E-state index is -0.814. The SMILES string of the molecule is CNCc1cc(-c2ccc(-c3ccccc3)cc2)ccc1-c1sc2c(c1C(=O)O)CC(C)(C)CC2. The molecular weight excluding hydrogens is 450 g/mol. The minimum absolute atomic E-state index is 0.138. The predicted octanol–water partition coefficient (Wildman–Crippen LogP) is 7.68. The molecule has 3 aromatic carbocycles. The van der Waals surface area contributed by atoms with Crippen molar-refractivity contribution < 1.29 is 9.90 Å². The van der Waals surface area contributed by atoms with E-state index in [1.54, 1.807) is 11.3 Å². The lowest BCUT2D eigenvalue weighted by atomic mass is 9.76. The van der Waals surface area contributed by atoms with Crippen LogP contribution in [0.15, 0.2) is 72.8 Å².